The van der Waals surface area contributed by atoms with Crippen molar-refractivity contribution >= 4 is 99.4 Å². The van der Waals surface area contributed by atoms with E-state index in [4.69, 9.17) is 47.9 Å². The molecular weight excluding hydrogens is 1350 g/mol. The fourth-order valence-corrected chi connectivity index (χ4v) is 19.2. The van der Waals surface area contributed by atoms with Crippen molar-refractivity contribution in [1.82, 2.24) is 19.9 Å². The topological polar surface area (TPSA) is 131 Å². The van der Waals surface area contributed by atoms with Gasteiger partial charge >= 0.3 is 0 Å². The SMILES string of the molecule is COc1cccc(OC)c1-c1cc([Si](C)(C)C)ccc1-c1c2nc(c(-c3ccc([Si](C)(C)C)cc3-c3c(OC)cccc3OC)c3ccc([nH]3)c(-c3ccc([Si](C)(C)C)cc3-c3c(OC)cccc3OC)c3nc(c(-c4ccc([Si](C)(C)C)cc4-c4c(OC)cccc4OC)c4ccc1[nH]4)C=C3)C=C2. The lowest BCUT2D eigenvalue weighted by atomic mass is 9.92. The Morgan fingerprint density at radius 3 is 0.567 bits per heavy atom. The third-order valence-corrected chi connectivity index (χ3v) is 28.3. The summed E-state index contributed by atoms with van der Waals surface area (Å²) in [5, 5.41) is 5.08. The number of fused-ring (bicyclic) bond motifs is 8. The van der Waals surface area contributed by atoms with Crippen LogP contribution in [-0.2, 0) is 0 Å². The molecule has 0 amide bonds. The molecule has 2 aliphatic rings. The number of nitrogens with zero attached hydrogens (tertiary/aromatic N) is 2. The number of hydrogen-bond donors (Lipinski definition) is 2. The van der Waals surface area contributed by atoms with E-state index >= 15 is 0 Å². The van der Waals surface area contributed by atoms with Gasteiger partial charge in [0.15, 0.2) is 0 Å². The van der Waals surface area contributed by atoms with Crippen LogP contribution >= 0.6 is 0 Å². The maximum Gasteiger partial charge on any atom is 0.130 e. The average molecular weight is 1450 g/mol. The van der Waals surface area contributed by atoms with Gasteiger partial charge in [0.2, 0.25) is 0 Å². The Morgan fingerprint density at radius 1 is 0.221 bits per heavy atom. The van der Waals surface area contributed by atoms with E-state index in [1.54, 1.807) is 56.9 Å². The monoisotopic (exact) mass is 1450 g/mol. The van der Waals surface area contributed by atoms with E-state index in [9.17, 15) is 0 Å². The standard InChI is InChI=1S/C88H94N4O8Si4/c1-93-73-25-21-26-74(94-2)85(73)61-49-53(101(9,10)11)33-37-57(61)81-65-41-43-67(89-65)82(58-38-34-54(102(12,13)14)50-62(58)86-75(95-3)27-22-28-76(86)96-4)69-45-47-71(91-69)84(60-40-36-56(104(18,19)20)52-64(60)88-79(99-7)31-24-32-80(88)100-8)72-48-46-70(92-72)83(68-44-42-66(81)90-68)59-39-35-55(103(15,16)17)51-63(59)87-77(97-5)29-23-30-78(87)98-6/h21-52,89,92H,1-20H3. The summed E-state index contributed by atoms with van der Waals surface area (Å²) in [5.74, 6) is 5.46. The first-order valence-corrected chi connectivity index (χ1v) is 49.4. The van der Waals surface area contributed by atoms with Crippen LogP contribution in [0.3, 0.4) is 0 Å². The molecule has 16 heteroatoms. The van der Waals surface area contributed by atoms with Crippen molar-refractivity contribution in [3.63, 3.8) is 0 Å². The van der Waals surface area contributed by atoms with Crippen molar-refractivity contribution in [2.75, 3.05) is 56.9 Å². The molecule has 0 unspecified atom stereocenters. The van der Waals surface area contributed by atoms with Gasteiger partial charge in [0.1, 0.15) is 46.0 Å². The fraction of sp³-hybridized carbons (Fsp3) is 0.227. The quantitative estimate of drug-likeness (QED) is 0.0711. The molecule has 2 aliphatic heterocycles. The van der Waals surface area contributed by atoms with Crippen molar-refractivity contribution in [3.05, 3.63) is 193 Å². The number of benzene rings is 8. The number of ether oxygens (including phenoxy) is 8. The number of aromatic amines is 2. The summed E-state index contributed by atoms with van der Waals surface area (Å²) in [7, 11) is 5.83. The predicted molar refractivity (Wildman–Crippen MR) is 447 cm³/mol. The molecule has 12 nitrogen and oxygen atoms in total. The molecule has 0 atom stereocenters. The summed E-state index contributed by atoms with van der Waals surface area (Å²) in [5.41, 5.74) is 20.5. The Kier molecular flexibility index (Phi) is 19.6. The molecule has 5 heterocycles. The highest BCUT2D eigenvalue weighted by Gasteiger charge is 2.32. The van der Waals surface area contributed by atoms with Crippen molar-refractivity contribution in [2.45, 2.75) is 78.6 Å². The molecule has 2 N–H and O–H groups in total. The zero-order valence-electron chi connectivity index (χ0n) is 63.6. The smallest absolute Gasteiger partial charge is 0.130 e. The molecule has 104 heavy (non-hydrogen) atoms. The molecule has 530 valence electrons. The van der Waals surface area contributed by atoms with Gasteiger partial charge in [0.05, 0.1) is 134 Å². The minimum absolute atomic E-state index is 0.682. The Bertz CT molecular complexity index is 4700. The second-order valence-electron chi connectivity index (χ2n) is 30.7. The van der Waals surface area contributed by atoms with Crippen molar-refractivity contribution in [1.29, 1.82) is 0 Å². The van der Waals surface area contributed by atoms with Gasteiger partial charge in [0.25, 0.3) is 0 Å². The highest BCUT2D eigenvalue weighted by Crippen LogP contribution is 2.52. The number of H-pyrrole nitrogens is 2. The Morgan fingerprint density at radius 2 is 0.404 bits per heavy atom. The van der Waals surface area contributed by atoms with E-state index < -0.39 is 32.3 Å². The van der Waals surface area contributed by atoms with Crippen LogP contribution in [0.25, 0.3) is 135 Å². The van der Waals surface area contributed by atoms with E-state index in [1.165, 1.54) is 20.7 Å². The lowest BCUT2D eigenvalue weighted by molar-refractivity contribution is 0.397. The summed E-state index contributed by atoms with van der Waals surface area (Å²) in [6.07, 6.45) is 8.68. The van der Waals surface area contributed by atoms with Crippen molar-refractivity contribution in [2.24, 2.45) is 0 Å². The van der Waals surface area contributed by atoms with Crippen LogP contribution in [0, 0.1) is 0 Å². The zero-order valence-corrected chi connectivity index (χ0v) is 67.6. The van der Waals surface area contributed by atoms with E-state index in [2.05, 4.69) is 210 Å². The molecule has 0 saturated heterocycles. The fourth-order valence-electron chi connectivity index (χ4n) is 14.5. The molecular formula is C88H94N4O8Si4. The molecule has 8 aromatic carbocycles. The lowest BCUT2D eigenvalue weighted by Crippen LogP contribution is -2.37. The summed E-state index contributed by atoms with van der Waals surface area (Å²) >= 11 is 0. The molecule has 8 bridgehead atoms. The Balaban J connectivity index is 1.30. The van der Waals surface area contributed by atoms with E-state index in [0.717, 1.165) is 134 Å². The number of rotatable bonds is 20. The summed E-state index contributed by atoms with van der Waals surface area (Å²) in [6, 6.07) is 60.5. The second-order valence-corrected chi connectivity index (χ2v) is 51.0. The molecule has 11 aromatic rings. The van der Waals surface area contributed by atoms with Gasteiger partial charge in [-0.05, 0) is 142 Å². The van der Waals surface area contributed by atoms with Gasteiger partial charge < -0.3 is 47.9 Å². The molecule has 3 aromatic heterocycles. The van der Waals surface area contributed by atoms with Gasteiger partial charge in [-0.3, -0.25) is 0 Å². The molecule has 13 rings (SSSR count). The Hall–Kier alpha value is -10.4. The molecule has 0 fully saturated rings. The second kappa shape index (κ2) is 28.3. The minimum atomic E-state index is -1.99. The highest BCUT2D eigenvalue weighted by molar-refractivity contribution is 6.90. The van der Waals surface area contributed by atoms with Crippen LogP contribution in [-0.4, -0.2) is 109 Å². The molecule has 0 radical (unpaired) electrons. The maximum atomic E-state index is 6.34. The molecule has 0 saturated carbocycles. The molecule has 0 spiro atoms. The van der Waals surface area contributed by atoms with Crippen LogP contribution in [0.1, 0.15) is 22.8 Å². The predicted octanol–water partition coefficient (Wildman–Crippen LogP) is 20.2. The van der Waals surface area contributed by atoms with Crippen LogP contribution in [0.2, 0.25) is 78.6 Å². The van der Waals surface area contributed by atoms with Crippen LogP contribution in [0.15, 0.2) is 170 Å². The highest BCUT2D eigenvalue weighted by atomic mass is 28.3. The maximum absolute atomic E-state index is 6.34. The van der Waals surface area contributed by atoms with Crippen LogP contribution < -0.4 is 58.6 Å². The van der Waals surface area contributed by atoms with E-state index in [0.29, 0.717) is 46.0 Å². The Labute approximate surface area is 616 Å². The van der Waals surface area contributed by atoms with Gasteiger partial charge in [-0.1, -0.05) is 196 Å². The minimum Gasteiger partial charge on any atom is -0.496 e. The first kappa shape index (κ1) is 72.0. The largest absolute Gasteiger partial charge is 0.496 e. The van der Waals surface area contributed by atoms with E-state index in [-0.39, 0.29) is 0 Å². The third-order valence-electron chi connectivity index (χ3n) is 20.2. The normalized spacial score (nSPS) is 12.3. The average Bonchev–Trinajstić information content (AvgIpc) is 1.48. The first-order chi connectivity index (χ1) is 49.7. The summed E-state index contributed by atoms with van der Waals surface area (Å²) < 4.78 is 50.7. The third kappa shape index (κ3) is 13.3. The summed E-state index contributed by atoms with van der Waals surface area (Å²) in [6.45, 7) is 28.6. The van der Waals surface area contributed by atoms with Crippen molar-refractivity contribution in [3.8, 4) is 135 Å². The number of nitrogens with one attached hydrogen (secondary N) is 2. The van der Waals surface area contributed by atoms with Crippen LogP contribution in [0.5, 0.6) is 46.0 Å². The summed E-state index contributed by atoms with van der Waals surface area (Å²) in [4.78, 5) is 20.4. The van der Waals surface area contributed by atoms with Gasteiger partial charge in [-0.2, -0.15) is 0 Å². The number of hydrogen-bond acceptors (Lipinski definition) is 10. The van der Waals surface area contributed by atoms with Gasteiger partial charge in [-0.15, -0.1) is 0 Å². The lowest BCUT2D eigenvalue weighted by Gasteiger charge is -2.23. The van der Waals surface area contributed by atoms with Crippen LogP contribution in [0.4, 0.5) is 0 Å². The van der Waals surface area contributed by atoms with Crippen molar-refractivity contribution < 1.29 is 37.9 Å². The zero-order chi connectivity index (χ0) is 73.9. The number of methoxy groups -OCH3 is 8. The van der Waals surface area contributed by atoms with Gasteiger partial charge in [-0.25, -0.2) is 9.97 Å². The first-order valence-electron chi connectivity index (χ1n) is 35.4. The molecule has 0 aliphatic carbocycles. The van der Waals surface area contributed by atoms with E-state index in [1.807, 2.05) is 72.8 Å². The van der Waals surface area contributed by atoms with Gasteiger partial charge in [0, 0.05) is 44.3 Å². The number of aromatic nitrogens is 4.